The van der Waals surface area contributed by atoms with Gasteiger partial charge >= 0.3 is 0 Å². The average molecular weight is 356 g/mol. The summed E-state index contributed by atoms with van der Waals surface area (Å²) in [6.07, 6.45) is 3.41. The predicted octanol–water partition coefficient (Wildman–Crippen LogP) is 3.67. The molecular weight excluding hydrogens is 340 g/mol. The van der Waals surface area contributed by atoms with Gasteiger partial charge in [-0.05, 0) is 29.1 Å². The lowest BCUT2D eigenvalue weighted by atomic mass is 10.1. The number of hydrogen-bond acceptors (Lipinski definition) is 4. The highest BCUT2D eigenvalue weighted by Gasteiger charge is 2.37. The number of sulfonamides is 1. The fourth-order valence-corrected chi connectivity index (χ4v) is 6.50. The van der Waals surface area contributed by atoms with Crippen molar-refractivity contribution in [1.82, 2.24) is 9.29 Å². The van der Waals surface area contributed by atoms with Gasteiger partial charge in [-0.1, -0.05) is 36.4 Å². The molecule has 24 heavy (non-hydrogen) atoms. The molecule has 4 rings (SSSR count). The second kappa shape index (κ2) is 6.20. The Hall–Kier alpha value is -1.89. The summed E-state index contributed by atoms with van der Waals surface area (Å²) in [5, 5.41) is 1.51. The van der Waals surface area contributed by atoms with Gasteiger partial charge in [0.1, 0.15) is 0 Å². The Morgan fingerprint density at radius 2 is 1.75 bits per heavy atom. The predicted molar refractivity (Wildman–Crippen MR) is 97.3 cm³/mol. The van der Waals surface area contributed by atoms with Crippen molar-refractivity contribution < 1.29 is 8.42 Å². The molecule has 1 unspecified atom stereocenters. The number of fused-ring (bicyclic) bond motifs is 1. The number of nitrogens with zero attached hydrogens (tertiary/aromatic N) is 2. The quantitative estimate of drug-likeness (QED) is 0.718. The maximum absolute atomic E-state index is 13.3. The van der Waals surface area contributed by atoms with Crippen molar-refractivity contribution >= 4 is 32.6 Å². The first-order valence-electron chi connectivity index (χ1n) is 7.69. The Morgan fingerprint density at radius 1 is 1.00 bits per heavy atom. The molecule has 2 heterocycles. The van der Waals surface area contributed by atoms with Gasteiger partial charge in [-0.2, -0.15) is 4.31 Å². The molecule has 0 N–H and O–H groups in total. The van der Waals surface area contributed by atoms with E-state index in [0.717, 1.165) is 22.1 Å². The van der Waals surface area contributed by atoms with Gasteiger partial charge in [0.15, 0.2) is 0 Å². The monoisotopic (exact) mass is 356 g/mol. The highest BCUT2D eigenvalue weighted by atomic mass is 32.2. The third-order valence-corrected chi connectivity index (χ3v) is 7.49. The van der Waals surface area contributed by atoms with Crippen LogP contribution >= 0.6 is 11.8 Å². The van der Waals surface area contributed by atoms with Crippen LogP contribution < -0.4 is 0 Å². The van der Waals surface area contributed by atoms with Crippen LogP contribution in [0.3, 0.4) is 0 Å². The van der Waals surface area contributed by atoms with Crippen LogP contribution in [0.15, 0.2) is 71.9 Å². The van der Waals surface area contributed by atoms with Crippen molar-refractivity contribution in [3.05, 3.63) is 72.6 Å². The maximum atomic E-state index is 13.3. The standard InChI is InChI=1S/C18H16N2O2S2/c21-24(22,17-7-3-5-14-4-1-2-6-16(14)17)20-12-13-23-18(20)15-8-10-19-11-9-15/h1-11,18H,12-13H2. The van der Waals surface area contributed by atoms with Gasteiger partial charge in [0.25, 0.3) is 0 Å². The van der Waals surface area contributed by atoms with Crippen LogP contribution in [-0.2, 0) is 10.0 Å². The van der Waals surface area contributed by atoms with Crippen molar-refractivity contribution in [3.8, 4) is 0 Å². The summed E-state index contributed by atoms with van der Waals surface area (Å²) < 4.78 is 28.3. The van der Waals surface area contributed by atoms with Gasteiger partial charge in [-0.3, -0.25) is 4.98 Å². The van der Waals surface area contributed by atoms with E-state index in [4.69, 9.17) is 0 Å². The number of hydrogen-bond donors (Lipinski definition) is 0. The normalized spacial score (nSPS) is 18.9. The molecule has 0 saturated carbocycles. The number of aromatic nitrogens is 1. The summed E-state index contributed by atoms with van der Waals surface area (Å²) >= 11 is 1.65. The van der Waals surface area contributed by atoms with Crippen LogP contribution in [0.25, 0.3) is 10.8 Å². The number of pyridine rings is 1. The van der Waals surface area contributed by atoms with E-state index in [1.807, 2.05) is 42.5 Å². The molecule has 4 nitrogen and oxygen atoms in total. The van der Waals surface area contributed by atoms with Gasteiger partial charge < -0.3 is 0 Å². The molecule has 3 aromatic rings. The first-order chi connectivity index (χ1) is 11.7. The van der Waals surface area contributed by atoms with Crippen LogP contribution in [-0.4, -0.2) is 30.0 Å². The lowest BCUT2D eigenvalue weighted by Gasteiger charge is -2.24. The van der Waals surface area contributed by atoms with E-state index in [9.17, 15) is 8.42 Å². The highest BCUT2D eigenvalue weighted by Crippen LogP contribution is 2.42. The molecule has 1 aliphatic rings. The van der Waals surface area contributed by atoms with Crippen molar-refractivity contribution in [2.45, 2.75) is 10.3 Å². The third-order valence-electron chi connectivity index (χ3n) is 4.18. The number of thioether (sulfide) groups is 1. The van der Waals surface area contributed by atoms with Crippen LogP contribution in [0, 0.1) is 0 Å². The molecule has 0 spiro atoms. The maximum Gasteiger partial charge on any atom is 0.245 e. The molecule has 6 heteroatoms. The zero-order valence-electron chi connectivity index (χ0n) is 12.9. The molecule has 1 fully saturated rings. The molecular formula is C18H16N2O2S2. The zero-order chi connectivity index (χ0) is 16.6. The Morgan fingerprint density at radius 3 is 2.58 bits per heavy atom. The van der Waals surface area contributed by atoms with Crippen molar-refractivity contribution in [2.75, 3.05) is 12.3 Å². The van der Waals surface area contributed by atoms with Crippen LogP contribution in [0.1, 0.15) is 10.9 Å². The van der Waals surface area contributed by atoms with Crippen molar-refractivity contribution in [2.24, 2.45) is 0 Å². The fraction of sp³-hybridized carbons (Fsp3) is 0.167. The molecule has 0 amide bonds. The minimum atomic E-state index is -3.57. The lowest BCUT2D eigenvalue weighted by Crippen LogP contribution is -2.30. The van der Waals surface area contributed by atoms with E-state index in [1.54, 1.807) is 40.6 Å². The van der Waals surface area contributed by atoms with E-state index < -0.39 is 10.0 Å². The van der Waals surface area contributed by atoms with E-state index in [1.165, 1.54) is 0 Å². The summed E-state index contributed by atoms with van der Waals surface area (Å²) in [7, 11) is -3.57. The van der Waals surface area contributed by atoms with E-state index >= 15 is 0 Å². The van der Waals surface area contributed by atoms with E-state index in [0.29, 0.717) is 11.4 Å². The minimum Gasteiger partial charge on any atom is -0.265 e. The molecule has 1 aliphatic heterocycles. The van der Waals surface area contributed by atoms with Crippen molar-refractivity contribution in [3.63, 3.8) is 0 Å². The van der Waals surface area contributed by atoms with Crippen molar-refractivity contribution in [1.29, 1.82) is 0 Å². The molecule has 0 bridgehead atoms. The van der Waals surface area contributed by atoms with Gasteiger partial charge in [-0.25, -0.2) is 8.42 Å². The Kier molecular flexibility index (Phi) is 4.04. The number of rotatable bonds is 3. The topological polar surface area (TPSA) is 50.3 Å². The van der Waals surface area contributed by atoms with Gasteiger partial charge in [0, 0.05) is 30.1 Å². The largest absolute Gasteiger partial charge is 0.265 e. The average Bonchev–Trinajstić information content (AvgIpc) is 3.12. The second-order valence-corrected chi connectivity index (χ2v) is 8.64. The Bertz CT molecular complexity index is 969. The van der Waals surface area contributed by atoms with Crippen LogP contribution in [0.5, 0.6) is 0 Å². The van der Waals surface area contributed by atoms with Crippen LogP contribution in [0.4, 0.5) is 0 Å². The Labute approximate surface area is 145 Å². The summed E-state index contributed by atoms with van der Waals surface area (Å²) in [4.78, 5) is 4.40. The zero-order valence-corrected chi connectivity index (χ0v) is 14.5. The summed E-state index contributed by atoms with van der Waals surface area (Å²) in [6.45, 7) is 0.517. The van der Waals surface area contributed by atoms with E-state index in [2.05, 4.69) is 4.98 Å². The number of benzene rings is 2. The second-order valence-electron chi connectivity index (χ2n) is 5.60. The summed E-state index contributed by atoms with van der Waals surface area (Å²) in [5.41, 5.74) is 0.969. The molecule has 2 aromatic carbocycles. The third kappa shape index (κ3) is 2.60. The molecule has 1 atom stereocenters. The first-order valence-corrected chi connectivity index (χ1v) is 10.2. The molecule has 0 aliphatic carbocycles. The summed E-state index contributed by atoms with van der Waals surface area (Å²) in [5.74, 6) is 0.789. The smallest absolute Gasteiger partial charge is 0.245 e. The minimum absolute atomic E-state index is 0.197. The summed E-state index contributed by atoms with van der Waals surface area (Å²) in [6, 6.07) is 16.8. The van der Waals surface area contributed by atoms with Crippen LogP contribution in [0.2, 0.25) is 0 Å². The van der Waals surface area contributed by atoms with Gasteiger partial charge in [-0.15, -0.1) is 11.8 Å². The molecule has 1 saturated heterocycles. The Balaban J connectivity index is 1.82. The van der Waals surface area contributed by atoms with E-state index in [-0.39, 0.29) is 5.37 Å². The molecule has 0 radical (unpaired) electrons. The fourth-order valence-electron chi connectivity index (χ4n) is 3.04. The van der Waals surface area contributed by atoms with Gasteiger partial charge in [0.05, 0.1) is 10.3 Å². The lowest BCUT2D eigenvalue weighted by molar-refractivity contribution is 0.435. The molecule has 122 valence electrons. The molecule has 1 aromatic heterocycles. The van der Waals surface area contributed by atoms with Gasteiger partial charge in [0.2, 0.25) is 10.0 Å². The highest BCUT2D eigenvalue weighted by molar-refractivity contribution is 8.01. The first kappa shape index (κ1) is 15.6. The SMILES string of the molecule is O=S(=O)(c1cccc2ccccc12)N1CCSC1c1ccncc1.